The Kier molecular flexibility index (Phi) is 4.30. The fourth-order valence-electron chi connectivity index (χ4n) is 2.63. The third-order valence-electron chi connectivity index (χ3n) is 3.78. The van der Waals surface area contributed by atoms with Crippen LogP contribution in [0.1, 0.15) is 12.0 Å². The van der Waals surface area contributed by atoms with Crippen LogP contribution in [-0.4, -0.2) is 47.8 Å². The number of hydrogen-bond donors (Lipinski definition) is 0. The minimum Gasteiger partial charge on any atom is -0.308 e. The molecule has 1 aromatic carbocycles. The van der Waals surface area contributed by atoms with Crippen molar-refractivity contribution in [1.82, 2.24) is 9.80 Å². The van der Waals surface area contributed by atoms with Gasteiger partial charge in [0.1, 0.15) is 5.54 Å². The number of rotatable bonds is 4. The summed E-state index contributed by atoms with van der Waals surface area (Å²) < 4.78 is 0. The highest BCUT2D eigenvalue weighted by Gasteiger charge is 2.55. The molecule has 6 heteroatoms. The number of benzene rings is 1. The van der Waals surface area contributed by atoms with Crippen LogP contribution in [0.2, 0.25) is 5.02 Å². The fraction of sp³-hybridized carbons (Fsp3) is 0.429. The van der Waals surface area contributed by atoms with Crippen LogP contribution >= 0.6 is 23.4 Å². The summed E-state index contributed by atoms with van der Waals surface area (Å²) in [4.78, 5) is 27.5. The number of carbonyl (C=O) groups is 2. The first kappa shape index (κ1) is 15.2. The molecule has 0 aromatic heterocycles. The second-order valence-corrected chi connectivity index (χ2v) is 6.24. The number of hydrogen-bond acceptors (Lipinski definition) is 3. The first-order valence-electron chi connectivity index (χ1n) is 6.26. The molecule has 0 bridgehead atoms. The van der Waals surface area contributed by atoms with Crippen LogP contribution < -0.4 is 0 Å². The topological polar surface area (TPSA) is 40.6 Å². The van der Waals surface area contributed by atoms with Gasteiger partial charge in [0.15, 0.2) is 0 Å². The molecule has 108 valence electrons. The van der Waals surface area contributed by atoms with Gasteiger partial charge < -0.3 is 4.90 Å². The van der Waals surface area contributed by atoms with E-state index in [2.05, 4.69) is 0 Å². The van der Waals surface area contributed by atoms with Gasteiger partial charge >= 0.3 is 6.03 Å². The highest BCUT2D eigenvalue weighted by molar-refractivity contribution is 7.98. The van der Waals surface area contributed by atoms with E-state index < -0.39 is 5.54 Å². The predicted molar refractivity (Wildman–Crippen MR) is 82.1 cm³/mol. The molecule has 1 aliphatic rings. The van der Waals surface area contributed by atoms with E-state index in [9.17, 15) is 9.59 Å². The first-order valence-corrected chi connectivity index (χ1v) is 8.03. The van der Waals surface area contributed by atoms with Crippen LogP contribution in [0.15, 0.2) is 24.3 Å². The van der Waals surface area contributed by atoms with Crippen molar-refractivity contribution < 1.29 is 9.59 Å². The maximum absolute atomic E-state index is 12.7. The molecular weight excluding hydrogens is 296 g/mol. The molecule has 1 aromatic rings. The molecule has 0 N–H and O–H groups in total. The van der Waals surface area contributed by atoms with Gasteiger partial charge in [0.05, 0.1) is 0 Å². The number of urea groups is 1. The molecule has 1 unspecified atom stereocenters. The number of imide groups is 1. The summed E-state index contributed by atoms with van der Waals surface area (Å²) in [5, 5.41) is 0.564. The third-order valence-corrected chi connectivity index (χ3v) is 4.62. The summed E-state index contributed by atoms with van der Waals surface area (Å²) >= 11 is 7.70. The number of thioether (sulfide) groups is 1. The monoisotopic (exact) mass is 312 g/mol. The van der Waals surface area contributed by atoms with E-state index in [1.807, 2.05) is 18.4 Å². The predicted octanol–water partition coefficient (Wildman–Crippen LogP) is 2.81. The number of halogens is 1. The van der Waals surface area contributed by atoms with Crippen molar-refractivity contribution in [2.45, 2.75) is 12.0 Å². The average molecular weight is 313 g/mol. The van der Waals surface area contributed by atoms with Crippen molar-refractivity contribution in [3.63, 3.8) is 0 Å². The molecule has 1 fully saturated rings. The quantitative estimate of drug-likeness (QED) is 0.803. The zero-order valence-corrected chi connectivity index (χ0v) is 13.3. The molecule has 1 heterocycles. The lowest BCUT2D eigenvalue weighted by molar-refractivity contribution is -0.132. The van der Waals surface area contributed by atoms with E-state index in [0.717, 1.165) is 11.3 Å². The summed E-state index contributed by atoms with van der Waals surface area (Å²) in [6.45, 7) is 0. The summed E-state index contributed by atoms with van der Waals surface area (Å²) in [5.74, 6) is 0.588. The second-order valence-electron chi connectivity index (χ2n) is 4.82. The maximum Gasteiger partial charge on any atom is 0.327 e. The van der Waals surface area contributed by atoms with Crippen LogP contribution in [0.5, 0.6) is 0 Å². The van der Waals surface area contributed by atoms with Crippen molar-refractivity contribution in [3.05, 3.63) is 34.9 Å². The molecule has 0 saturated carbocycles. The molecule has 4 nitrogen and oxygen atoms in total. The summed E-state index contributed by atoms with van der Waals surface area (Å²) in [5.41, 5.74) is -0.177. The number of nitrogens with zero attached hydrogens (tertiary/aromatic N) is 2. The molecule has 3 amide bonds. The standard InChI is InChI=1S/C14H17ClN2O2S/c1-16-12(18)14(7-8-20-3,17(2)13(16)19)10-5-4-6-11(15)9-10/h4-6,9H,7-8H2,1-3H3. The SMILES string of the molecule is CSCCC1(c2cccc(Cl)c2)C(=O)N(C)C(=O)N1C. The fourth-order valence-corrected chi connectivity index (χ4v) is 3.32. The van der Waals surface area contributed by atoms with Crippen molar-refractivity contribution in [3.8, 4) is 0 Å². The number of likely N-dealkylation sites (N-methyl/N-ethyl adjacent to an activating group) is 2. The van der Waals surface area contributed by atoms with Crippen LogP contribution in [0, 0.1) is 0 Å². The second kappa shape index (κ2) is 5.66. The first-order chi connectivity index (χ1) is 9.45. The van der Waals surface area contributed by atoms with Gasteiger partial charge in [-0.25, -0.2) is 4.79 Å². The van der Waals surface area contributed by atoms with E-state index in [1.54, 1.807) is 30.9 Å². The molecule has 0 spiro atoms. The zero-order valence-electron chi connectivity index (χ0n) is 11.7. The van der Waals surface area contributed by atoms with Crippen molar-refractivity contribution in [2.24, 2.45) is 0 Å². The van der Waals surface area contributed by atoms with Gasteiger partial charge in [-0.1, -0.05) is 23.7 Å². The highest BCUT2D eigenvalue weighted by atomic mass is 35.5. The number of amides is 3. The number of carbonyl (C=O) groups excluding carboxylic acids is 2. The minimum absolute atomic E-state index is 0.193. The molecule has 1 saturated heterocycles. The minimum atomic E-state index is -0.945. The van der Waals surface area contributed by atoms with E-state index in [4.69, 9.17) is 11.6 Å². The normalized spacial score (nSPS) is 22.8. The summed E-state index contributed by atoms with van der Waals surface area (Å²) in [6.07, 6.45) is 2.55. The summed E-state index contributed by atoms with van der Waals surface area (Å²) in [6, 6.07) is 6.91. The highest BCUT2D eigenvalue weighted by Crippen LogP contribution is 2.40. The lowest BCUT2D eigenvalue weighted by atomic mass is 9.86. The molecule has 1 aliphatic heterocycles. The average Bonchev–Trinajstić information content (AvgIpc) is 2.60. The van der Waals surface area contributed by atoms with Crippen LogP contribution in [-0.2, 0) is 10.3 Å². The Balaban J connectivity index is 2.57. The van der Waals surface area contributed by atoms with E-state index in [0.29, 0.717) is 11.4 Å². The molecule has 1 atom stereocenters. The van der Waals surface area contributed by atoms with Gasteiger partial charge in [-0.3, -0.25) is 9.69 Å². The largest absolute Gasteiger partial charge is 0.327 e. The van der Waals surface area contributed by atoms with Gasteiger partial charge in [-0.15, -0.1) is 0 Å². The molecular formula is C14H17ClN2O2S. The lowest BCUT2D eigenvalue weighted by Gasteiger charge is -2.33. The van der Waals surface area contributed by atoms with Gasteiger partial charge in [0.25, 0.3) is 5.91 Å². The van der Waals surface area contributed by atoms with Gasteiger partial charge in [0, 0.05) is 19.1 Å². The van der Waals surface area contributed by atoms with Gasteiger partial charge in [-0.05, 0) is 36.1 Å². The smallest absolute Gasteiger partial charge is 0.308 e. The maximum atomic E-state index is 12.7. The third kappa shape index (κ3) is 2.19. The lowest BCUT2D eigenvalue weighted by Crippen LogP contribution is -2.45. The van der Waals surface area contributed by atoms with Crippen molar-refractivity contribution in [2.75, 3.05) is 26.1 Å². The molecule has 20 heavy (non-hydrogen) atoms. The Morgan fingerprint density at radius 3 is 2.50 bits per heavy atom. The Morgan fingerprint density at radius 1 is 1.30 bits per heavy atom. The van der Waals surface area contributed by atoms with Crippen LogP contribution in [0.25, 0.3) is 0 Å². The van der Waals surface area contributed by atoms with Crippen LogP contribution in [0.4, 0.5) is 4.79 Å². The Hall–Kier alpha value is -1.20. The Bertz CT molecular complexity index is 552. The Labute approximate surface area is 128 Å². The molecule has 0 aliphatic carbocycles. The zero-order chi connectivity index (χ0) is 14.9. The van der Waals surface area contributed by atoms with E-state index >= 15 is 0 Å². The van der Waals surface area contributed by atoms with E-state index in [-0.39, 0.29) is 11.9 Å². The van der Waals surface area contributed by atoms with Crippen molar-refractivity contribution in [1.29, 1.82) is 0 Å². The van der Waals surface area contributed by atoms with Crippen molar-refractivity contribution >= 4 is 35.3 Å². The van der Waals surface area contributed by atoms with Gasteiger partial charge in [0.2, 0.25) is 0 Å². The molecule has 2 rings (SSSR count). The van der Waals surface area contributed by atoms with Crippen LogP contribution in [0.3, 0.4) is 0 Å². The summed E-state index contributed by atoms with van der Waals surface area (Å²) in [7, 11) is 3.19. The Morgan fingerprint density at radius 2 is 2.00 bits per heavy atom. The van der Waals surface area contributed by atoms with Gasteiger partial charge in [-0.2, -0.15) is 11.8 Å². The van der Waals surface area contributed by atoms with E-state index in [1.165, 1.54) is 16.8 Å². The molecule has 0 radical (unpaired) electrons.